The number of nitrogens with zero attached hydrogens (tertiary/aromatic N) is 2. The number of ether oxygens (including phenoxy) is 2. The number of thiophene rings is 1. The summed E-state index contributed by atoms with van der Waals surface area (Å²) >= 11 is 1.52. The number of amides is 1. The average Bonchev–Trinajstić information content (AvgIpc) is 3.13. The minimum Gasteiger partial charge on any atom is -0.438 e. The minimum absolute atomic E-state index is 0.270. The maximum Gasteiger partial charge on any atom is 0.248 e. The van der Waals surface area contributed by atoms with E-state index in [0.29, 0.717) is 23.0 Å². The van der Waals surface area contributed by atoms with Gasteiger partial charge in [-0.2, -0.15) is 4.98 Å². The second-order valence-electron chi connectivity index (χ2n) is 6.07. The van der Waals surface area contributed by atoms with Crippen molar-refractivity contribution in [2.24, 2.45) is 5.73 Å². The van der Waals surface area contributed by atoms with Crippen LogP contribution in [-0.4, -0.2) is 23.0 Å². The quantitative estimate of drug-likeness (QED) is 0.526. The molecular weight excluding hydrogens is 374 g/mol. The molecule has 0 unspecified atom stereocenters. The molecule has 4 aromatic rings. The van der Waals surface area contributed by atoms with Crippen molar-refractivity contribution in [3.8, 4) is 22.8 Å². The lowest BCUT2D eigenvalue weighted by Gasteiger charge is -2.10. The van der Waals surface area contributed by atoms with E-state index in [1.807, 2.05) is 35.7 Å². The number of aromatic nitrogens is 2. The molecule has 140 valence electrons. The normalized spacial score (nSPS) is 10.9. The smallest absolute Gasteiger partial charge is 0.248 e. The molecule has 2 aromatic heterocycles. The Hall–Kier alpha value is -3.29. The van der Waals surface area contributed by atoms with Crippen LogP contribution in [0.2, 0.25) is 0 Å². The van der Waals surface area contributed by atoms with Crippen LogP contribution < -0.4 is 10.5 Å². The third-order valence-electron chi connectivity index (χ3n) is 4.14. The zero-order chi connectivity index (χ0) is 19.5. The molecule has 0 fully saturated rings. The third-order valence-corrected chi connectivity index (χ3v) is 5.01. The van der Waals surface area contributed by atoms with Gasteiger partial charge in [-0.1, -0.05) is 36.4 Å². The predicted octanol–water partition coefficient (Wildman–Crippen LogP) is 4.40. The molecule has 0 saturated heterocycles. The summed E-state index contributed by atoms with van der Waals surface area (Å²) < 4.78 is 11.3. The molecule has 6 nitrogen and oxygen atoms in total. The van der Waals surface area contributed by atoms with Gasteiger partial charge in [0.15, 0.2) is 5.82 Å². The molecule has 2 N–H and O–H groups in total. The van der Waals surface area contributed by atoms with Crippen LogP contribution in [0.15, 0.2) is 60.0 Å². The summed E-state index contributed by atoms with van der Waals surface area (Å²) in [6, 6.07) is 16.7. The van der Waals surface area contributed by atoms with Gasteiger partial charge in [0.05, 0.1) is 5.39 Å². The number of carbonyl (C=O) groups is 1. The highest BCUT2D eigenvalue weighted by Crippen LogP contribution is 2.39. The molecule has 0 aliphatic rings. The highest BCUT2D eigenvalue weighted by molar-refractivity contribution is 7.17. The highest BCUT2D eigenvalue weighted by Gasteiger charge is 2.17. The van der Waals surface area contributed by atoms with E-state index in [-0.39, 0.29) is 6.61 Å². The van der Waals surface area contributed by atoms with E-state index < -0.39 is 5.91 Å². The van der Waals surface area contributed by atoms with Gasteiger partial charge < -0.3 is 15.2 Å². The molecule has 1 amide bonds. The Kier molecular flexibility index (Phi) is 5.01. The van der Waals surface area contributed by atoms with Crippen LogP contribution in [0.5, 0.6) is 11.6 Å². The number of methoxy groups -OCH3 is 1. The van der Waals surface area contributed by atoms with Crippen LogP contribution in [0.3, 0.4) is 0 Å². The monoisotopic (exact) mass is 391 g/mol. The summed E-state index contributed by atoms with van der Waals surface area (Å²) in [5, 5.41) is 2.86. The first-order valence-electron chi connectivity index (χ1n) is 8.56. The van der Waals surface area contributed by atoms with Gasteiger partial charge >= 0.3 is 0 Å². The zero-order valence-corrected chi connectivity index (χ0v) is 15.9. The molecule has 2 aromatic carbocycles. The molecule has 0 bridgehead atoms. The van der Waals surface area contributed by atoms with Gasteiger partial charge in [-0.3, -0.25) is 4.79 Å². The summed E-state index contributed by atoms with van der Waals surface area (Å²) in [6.45, 7) is 0.270. The van der Waals surface area contributed by atoms with Crippen molar-refractivity contribution in [2.45, 2.75) is 6.61 Å². The van der Waals surface area contributed by atoms with E-state index in [1.54, 1.807) is 31.4 Å². The number of hydrogen-bond acceptors (Lipinski definition) is 6. The van der Waals surface area contributed by atoms with Gasteiger partial charge in [0.1, 0.15) is 17.2 Å². The average molecular weight is 391 g/mol. The molecule has 0 aliphatic heterocycles. The maximum absolute atomic E-state index is 11.5. The van der Waals surface area contributed by atoms with Crippen molar-refractivity contribution in [3.05, 3.63) is 71.4 Å². The second kappa shape index (κ2) is 7.75. The summed E-state index contributed by atoms with van der Waals surface area (Å²) in [7, 11) is 1.59. The molecule has 2 heterocycles. The zero-order valence-electron chi connectivity index (χ0n) is 15.1. The van der Waals surface area contributed by atoms with E-state index in [9.17, 15) is 4.79 Å². The van der Waals surface area contributed by atoms with Gasteiger partial charge in [-0.05, 0) is 23.8 Å². The Morgan fingerprint density at radius 2 is 1.93 bits per heavy atom. The van der Waals surface area contributed by atoms with E-state index in [1.165, 1.54) is 11.3 Å². The Bertz CT molecular complexity index is 1140. The SMILES string of the molecule is COCc1nc(Oc2cccc(C(N)=O)c2)c2c(-c3ccccc3)csc2n1. The van der Waals surface area contributed by atoms with Crippen LogP contribution in [0, 0.1) is 0 Å². The molecule has 0 saturated carbocycles. The van der Waals surface area contributed by atoms with Crippen molar-refractivity contribution >= 4 is 27.5 Å². The Balaban J connectivity index is 1.86. The van der Waals surface area contributed by atoms with Crippen LogP contribution in [0.25, 0.3) is 21.3 Å². The van der Waals surface area contributed by atoms with E-state index in [4.69, 9.17) is 15.2 Å². The fraction of sp³-hybridized carbons (Fsp3) is 0.0952. The van der Waals surface area contributed by atoms with Crippen LogP contribution in [0.1, 0.15) is 16.2 Å². The molecular formula is C21H17N3O3S. The van der Waals surface area contributed by atoms with E-state index in [2.05, 4.69) is 9.97 Å². The van der Waals surface area contributed by atoms with Crippen LogP contribution in [0.4, 0.5) is 0 Å². The third kappa shape index (κ3) is 3.58. The number of rotatable bonds is 6. The van der Waals surface area contributed by atoms with Crippen molar-refractivity contribution in [3.63, 3.8) is 0 Å². The molecule has 0 radical (unpaired) electrons. The first-order chi connectivity index (χ1) is 13.7. The predicted molar refractivity (Wildman–Crippen MR) is 109 cm³/mol. The summed E-state index contributed by atoms with van der Waals surface area (Å²) in [5.74, 6) is 0.903. The largest absolute Gasteiger partial charge is 0.438 e. The van der Waals surface area contributed by atoms with Crippen LogP contribution in [-0.2, 0) is 11.3 Å². The highest BCUT2D eigenvalue weighted by atomic mass is 32.1. The summed E-state index contributed by atoms with van der Waals surface area (Å²) in [6.07, 6.45) is 0. The van der Waals surface area contributed by atoms with Gasteiger partial charge in [0, 0.05) is 23.6 Å². The maximum atomic E-state index is 11.5. The van der Waals surface area contributed by atoms with Gasteiger partial charge in [-0.25, -0.2) is 4.98 Å². The Morgan fingerprint density at radius 1 is 1.11 bits per heavy atom. The summed E-state index contributed by atoms with van der Waals surface area (Å²) in [5.41, 5.74) is 7.79. The number of carbonyl (C=O) groups excluding carboxylic acids is 1. The number of nitrogens with two attached hydrogens (primary N) is 1. The molecule has 7 heteroatoms. The number of hydrogen-bond donors (Lipinski definition) is 1. The van der Waals surface area contributed by atoms with Crippen molar-refractivity contribution in [2.75, 3.05) is 7.11 Å². The lowest BCUT2D eigenvalue weighted by atomic mass is 10.1. The van der Waals surface area contributed by atoms with Gasteiger partial charge in [0.25, 0.3) is 0 Å². The molecule has 28 heavy (non-hydrogen) atoms. The van der Waals surface area contributed by atoms with Crippen LogP contribution >= 0.6 is 11.3 Å². The Morgan fingerprint density at radius 3 is 2.68 bits per heavy atom. The second-order valence-corrected chi connectivity index (χ2v) is 6.93. The minimum atomic E-state index is -0.515. The number of primary amides is 1. The lowest BCUT2D eigenvalue weighted by Crippen LogP contribution is -2.10. The molecule has 0 aliphatic carbocycles. The van der Waals surface area contributed by atoms with Crippen molar-refractivity contribution < 1.29 is 14.3 Å². The van der Waals surface area contributed by atoms with E-state index in [0.717, 1.165) is 21.3 Å². The first kappa shape index (κ1) is 18.1. The van der Waals surface area contributed by atoms with Crippen molar-refractivity contribution in [1.29, 1.82) is 0 Å². The van der Waals surface area contributed by atoms with Crippen molar-refractivity contribution in [1.82, 2.24) is 9.97 Å². The van der Waals surface area contributed by atoms with E-state index >= 15 is 0 Å². The fourth-order valence-corrected chi connectivity index (χ4v) is 3.83. The Labute approximate surface area is 165 Å². The molecule has 4 rings (SSSR count). The van der Waals surface area contributed by atoms with Gasteiger partial charge in [-0.15, -0.1) is 11.3 Å². The molecule has 0 atom stereocenters. The number of benzene rings is 2. The molecule has 0 spiro atoms. The summed E-state index contributed by atoms with van der Waals surface area (Å²) in [4.78, 5) is 21.4. The first-order valence-corrected chi connectivity index (χ1v) is 9.44. The lowest BCUT2D eigenvalue weighted by molar-refractivity contribution is 0.1000. The number of fused-ring (bicyclic) bond motifs is 1. The fourth-order valence-electron chi connectivity index (χ4n) is 2.87. The van der Waals surface area contributed by atoms with Gasteiger partial charge in [0.2, 0.25) is 11.8 Å². The standard InChI is InChI=1S/C21H17N3O3S/c1-26-11-17-23-20(27-15-9-5-8-14(10-15)19(22)25)18-16(12-28-21(18)24-17)13-6-3-2-4-7-13/h2-10,12H,11H2,1H3,(H2,22,25). The topological polar surface area (TPSA) is 87.3 Å².